The van der Waals surface area contributed by atoms with Crippen molar-refractivity contribution in [1.29, 1.82) is 0 Å². The SMILES string of the molecule is CCCNc1cc(C(=O)Nc2cccc(C)n2)ccn1. The number of amides is 1. The Balaban J connectivity index is 2.09. The zero-order chi connectivity index (χ0) is 14.4. The first-order valence-corrected chi connectivity index (χ1v) is 6.64. The maximum absolute atomic E-state index is 12.1. The van der Waals surface area contributed by atoms with Crippen LogP contribution in [0.25, 0.3) is 0 Å². The quantitative estimate of drug-likeness (QED) is 0.876. The van der Waals surface area contributed by atoms with Crippen molar-refractivity contribution in [3.8, 4) is 0 Å². The third-order valence-electron chi connectivity index (χ3n) is 2.71. The fourth-order valence-corrected chi connectivity index (χ4v) is 1.72. The Kier molecular flexibility index (Phi) is 4.65. The molecule has 0 saturated heterocycles. The van der Waals surface area contributed by atoms with Crippen LogP contribution in [0.4, 0.5) is 11.6 Å². The summed E-state index contributed by atoms with van der Waals surface area (Å²) in [5.74, 6) is 1.07. The van der Waals surface area contributed by atoms with E-state index in [9.17, 15) is 4.79 Å². The molecule has 0 atom stereocenters. The number of aryl methyl sites for hydroxylation is 1. The lowest BCUT2D eigenvalue weighted by Gasteiger charge is -2.07. The minimum absolute atomic E-state index is 0.190. The maximum Gasteiger partial charge on any atom is 0.257 e. The lowest BCUT2D eigenvalue weighted by molar-refractivity contribution is 0.102. The Hall–Kier alpha value is -2.43. The summed E-state index contributed by atoms with van der Waals surface area (Å²) in [6, 6.07) is 8.93. The predicted molar refractivity (Wildman–Crippen MR) is 79.9 cm³/mol. The molecule has 0 radical (unpaired) electrons. The molecule has 104 valence electrons. The second-order valence-electron chi connectivity index (χ2n) is 4.47. The van der Waals surface area contributed by atoms with Gasteiger partial charge in [0.1, 0.15) is 11.6 Å². The van der Waals surface area contributed by atoms with Gasteiger partial charge in [0.25, 0.3) is 5.91 Å². The molecule has 0 aliphatic rings. The highest BCUT2D eigenvalue weighted by atomic mass is 16.1. The van der Waals surface area contributed by atoms with Gasteiger partial charge in [0.15, 0.2) is 0 Å². The standard InChI is InChI=1S/C15H18N4O/c1-3-8-16-14-10-12(7-9-17-14)15(20)19-13-6-4-5-11(2)18-13/h4-7,9-10H,3,8H2,1-2H3,(H,16,17)(H,18,19,20). The van der Waals surface area contributed by atoms with Gasteiger partial charge in [0, 0.05) is 24.0 Å². The number of nitrogens with zero attached hydrogens (tertiary/aromatic N) is 2. The van der Waals surface area contributed by atoms with Gasteiger partial charge in [-0.3, -0.25) is 4.79 Å². The molecule has 2 heterocycles. The van der Waals surface area contributed by atoms with Crippen molar-refractivity contribution in [3.63, 3.8) is 0 Å². The highest BCUT2D eigenvalue weighted by Gasteiger charge is 2.08. The average molecular weight is 270 g/mol. The molecule has 0 fully saturated rings. The van der Waals surface area contributed by atoms with Crippen molar-refractivity contribution in [2.45, 2.75) is 20.3 Å². The first-order chi connectivity index (χ1) is 9.69. The summed E-state index contributed by atoms with van der Waals surface area (Å²) in [5, 5.41) is 5.93. The van der Waals surface area contributed by atoms with Gasteiger partial charge < -0.3 is 10.6 Å². The van der Waals surface area contributed by atoms with Crippen LogP contribution in [0.2, 0.25) is 0 Å². The Morgan fingerprint density at radius 1 is 1.25 bits per heavy atom. The maximum atomic E-state index is 12.1. The highest BCUT2D eigenvalue weighted by molar-refractivity contribution is 6.04. The molecule has 2 aromatic rings. The molecular weight excluding hydrogens is 252 g/mol. The molecule has 0 spiro atoms. The van der Waals surface area contributed by atoms with Crippen molar-refractivity contribution in [2.75, 3.05) is 17.2 Å². The van der Waals surface area contributed by atoms with Gasteiger partial charge in [-0.15, -0.1) is 0 Å². The van der Waals surface area contributed by atoms with E-state index in [0.29, 0.717) is 17.2 Å². The van der Waals surface area contributed by atoms with E-state index >= 15 is 0 Å². The fraction of sp³-hybridized carbons (Fsp3) is 0.267. The fourth-order valence-electron chi connectivity index (χ4n) is 1.72. The van der Waals surface area contributed by atoms with Crippen LogP contribution in [-0.2, 0) is 0 Å². The van der Waals surface area contributed by atoms with E-state index in [1.807, 2.05) is 19.1 Å². The summed E-state index contributed by atoms with van der Waals surface area (Å²) >= 11 is 0. The number of carbonyl (C=O) groups excluding carboxylic acids is 1. The number of hydrogen-bond donors (Lipinski definition) is 2. The second-order valence-corrected chi connectivity index (χ2v) is 4.47. The Morgan fingerprint density at radius 2 is 2.10 bits per heavy atom. The summed E-state index contributed by atoms with van der Waals surface area (Å²) in [4.78, 5) is 20.6. The first-order valence-electron chi connectivity index (χ1n) is 6.64. The van der Waals surface area contributed by atoms with Crippen molar-refractivity contribution in [2.24, 2.45) is 0 Å². The summed E-state index contributed by atoms with van der Waals surface area (Å²) in [7, 11) is 0. The van der Waals surface area contributed by atoms with Crippen LogP contribution >= 0.6 is 0 Å². The Bertz CT molecular complexity index is 598. The van der Waals surface area contributed by atoms with E-state index in [2.05, 4.69) is 27.5 Å². The molecule has 2 aromatic heterocycles. The first kappa shape index (κ1) is 14.0. The summed E-state index contributed by atoms with van der Waals surface area (Å²) in [5.41, 5.74) is 1.42. The molecule has 0 aliphatic carbocycles. The van der Waals surface area contributed by atoms with E-state index < -0.39 is 0 Å². The van der Waals surface area contributed by atoms with Crippen molar-refractivity contribution < 1.29 is 4.79 Å². The number of anilines is 2. The van der Waals surface area contributed by atoms with Crippen molar-refractivity contribution in [1.82, 2.24) is 9.97 Å². The topological polar surface area (TPSA) is 66.9 Å². The third kappa shape index (κ3) is 3.78. The zero-order valence-electron chi connectivity index (χ0n) is 11.7. The van der Waals surface area contributed by atoms with E-state index in [0.717, 1.165) is 18.7 Å². The minimum atomic E-state index is -0.190. The monoisotopic (exact) mass is 270 g/mol. The summed E-state index contributed by atoms with van der Waals surface area (Å²) < 4.78 is 0. The molecule has 0 unspecified atom stereocenters. The molecule has 0 bridgehead atoms. The van der Waals surface area contributed by atoms with Gasteiger partial charge >= 0.3 is 0 Å². The van der Waals surface area contributed by atoms with Gasteiger partial charge in [-0.1, -0.05) is 13.0 Å². The summed E-state index contributed by atoms with van der Waals surface area (Å²) in [6.45, 7) is 4.79. The molecule has 0 aliphatic heterocycles. The molecule has 0 aromatic carbocycles. The third-order valence-corrected chi connectivity index (χ3v) is 2.71. The Morgan fingerprint density at radius 3 is 2.85 bits per heavy atom. The van der Waals surface area contributed by atoms with Gasteiger partial charge in [0.2, 0.25) is 0 Å². The van der Waals surface area contributed by atoms with Gasteiger partial charge in [0.05, 0.1) is 0 Å². The molecule has 2 rings (SSSR count). The number of hydrogen-bond acceptors (Lipinski definition) is 4. The average Bonchev–Trinajstić information content (AvgIpc) is 2.45. The second kappa shape index (κ2) is 6.65. The van der Waals surface area contributed by atoms with Gasteiger partial charge in [-0.25, -0.2) is 9.97 Å². The predicted octanol–water partition coefficient (Wildman–Crippen LogP) is 2.86. The van der Waals surface area contributed by atoms with Crippen LogP contribution in [-0.4, -0.2) is 22.4 Å². The van der Waals surface area contributed by atoms with Crippen LogP contribution in [0, 0.1) is 6.92 Å². The molecule has 5 nitrogen and oxygen atoms in total. The number of nitrogens with one attached hydrogen (secondary N) is 2. The molecular formula is C15H18N4O. The molecule has 5 heteroatoms. The van der Waals surface area contributed by atoms with Crippen molar-refractivity contribution in [3.05, 3.63) is 47.8 Å². The smallest absolute Gasteiger partial charge is 0.257 e. The number of rotatable bonds is 5. The van der Waals surface area contributed by atoms with Crippen LogP contribution < -0.4 is 10.6 Å². The number of pyridine rings is 2. The molecule has 0 saturated carbocycles. The lowest BCUT2D eigenvalue weighted by Crippen LogP contribution is -2.14. The Labute approximate surface area is 118 Å². The summed E-state index contributed by atoms with van der Waals surface area (Å²) in [6.07, 6.45) is 2.63. The normalized spacial score (nSPS) is 10.1. The van der Waals surface area contributed by atoms with Gasteiger partial charge in [-0.2, -0.15) is 0 Å². The van der Waals surface area contributed by atoms with Crippen LogP contribution in [0.3, 0.4) is 0 Å². The molecule has 1 amide bonds. The van der Waals surface area contributed by atoms with E-state index in [1.165, 1.54) is 0 Å². The van der Waals surface area contributed by atoms with E-state index in [1.54, 1.807) is 24.4 Å². The lowest BCUT2D eigenvalue weighted by atomic mass is 10.2. The van der Waals surface area contributed by atoms with Gasteiger partial charge in [-0.05, 0) is 37.6 Å². The largest absolute Gasteiger partial charge is 0.370 e. The van der Waals surface area contributed by atoms with Crippen LogP contribution in [0.1, 0.15) is 29.4 Å². The van der Waals surface area contributed by atoms with E-state index in [4.69, 9.17) is 0 Å². The van der Waals surface area contributed by atoms with Crippen LogP contribution in [0.15, 0.2) is 36.5 Å². The minimum Gasteiger partial charge on any atom is -0.370 e. The number of aromatic nitrogens is 2. The number of carbonyl (C=O) groups is 1. The molecule has 2 N–H and O–H groups in total. The van der Waals surface area contributed by atoms with E-state index in [-0.39, 0.29) is 5.91 Å². The van der Waals surface area contributed by atoms with Crippen LogP contribution in [0.5, 0.6) is 0 Å². The highest BCUT2D eigenvalue weighted by Crippen LogP contribution is 2.10. The zero-order valence-corrected chi connectivity index (χ0v) is 11.7. The van der Waals surface area contributed by atoms with Crippen molar-refractivity contribution >= 4 is 17.5 Å². The molecule has 20 heavy (non-hydrogen) atoms.